The Hall–Kier alpha value is -1.71. The molecule has 0 heterocycles. The van der Waals surface area contributed by atoms with Crippen LogP contribution in [0.25, 0.3) is 0 Å². The van der Waals surface area contributed by atoms with Crippen LogP contribution in [0.2, 0.25) is 10.0 Å². The maximum absolute atomic E-state index is 12.2. The molecule has 23 heavy (non-hydrogen) atoms. The first-order valence-electron chi connectivity index (χ1n) is 7.20. The van der Waals surface area contributed by atoms with E-state index in [-0.39, 0.29) is 11.2 Å². The SMILES string of the molecule is CC1=CC(=CN=Nc2ccc(Cl)cc2Cl)C=C(C(C)(C)C)C1=O. The molecule has 1 aliphatic carbocycles. The molecular formula is C18H18Cl2N2O. The van der Waals surface area contributed by atoms with Crippen LogP contribution in [0, 0.1) is 5.41 Å². The van der Waals surface area contributed by atoms with Crippen molar-refractivity contribution in [1.82, 2.24) is 0 Å². The molecule has 0 atom stereocenters. The second kappa shape index (κ2) is 6.81. The average molecular weight is 349 g/mol. The molecule has 0 bridgehead atoms. The van der Waals surface area contributed by atoms with Crippen LogP contribution < -0.4 is 0 Å². The van der Waals surface area contributed by atoms with E-state index in [2.05, 4.69) is 10.2 Å². The lowest BCUT2D eigenvalue weighted by molar-refractivity contribution is -0.113. The molecule has 1 aliphatic rings. The summed E-state index contributed by atoms with van der Waals surface area (Å²) in [5.74, 6) is 0.0762. The van der Waals surface area contributed by atoms with Gasteiger partial charge >= 0.3 is 0 Å². The minimum Gasteiger partial charge on any atom is -0.289 e. The summed E-state index contributed by atoms with van der Waals surface area (Å²) in [5, 5.41) is 9.14. The van der Waals surface area contributed by atoms with Crippen LogP contribution in [-0.2, 0) is 4.79 Å². The summed E-state index contributed by atoms with van der Waals surface area (Å²) >= 11 is 11.9. The number of halogens is 2. The highest BCUT2D eigenvalue weighted by Gasteiger charge is 2.27. The van der Waals surface area contributed by atoms with E-state index in [1.807, 2.05) is 33.8 Å². The maximum atomic E-state index is 12.2. The Kier molecular flexibility index (Phi) is 5.23. The molecule has 5 heteroatoms. The molecule has 0 N–H and O–H groups in total. The van der Waals surface area contributed by atoms with Gasteiger partial charge in [-0.1, -0.05) is 44.0 Å². The number of carbonyl (C=O) groups excluding carboxylic acids is 1. The van der Waals surface area contributed by atoms with Crippen molar-refractivity contribution in [3.63, 3.8) is 0 Å². The van der Waals surface area contributed by atoms with Crippen molar-refractivity contribution in [3.05, 3.63) is 63.3 Å². The monoisotopic (exact) mass is 348 g/mol. The van der Waals surface area contributed by atoms with Gasteiger partial charge in [-0.25, -0.2) is 0 Å². The van der Waals surface area contributed by atoms with Crippen LogP contribution in [0.4, 0.5) is 5.69 Å². The molecule has 0 spiro atoms. The zero-order valence-corrected chi connectivity index (χ0v) is 15.0. The second-order valence-corrected chi connectivity index (χ2v) is 7.25. The summed E-state index contributed by atoms with van der Waals surface area (Å²) in [5.41, 5.74) is 2.62. The van der Waals surface area contributed by atoms with Crippen LogP contribution in [0.1, 0.15) is 27.7 Å². The minimum absolute atomic E-state index is 0.0762. The molecule has 3 nitrogen and oxygen atoms in total. The lowest BCUT2D eigenvalue weighted by atomic mass is 9.78. The highest BCUT2D eigenvalue weighted by atomic mass is 35.5. The van der Waals surface area contributed by atoms with Crippen molar-refractivity contribution < 1.29 is 4.79 Å². The van der Waals surface area contributed by atoms with E-state index in [0.717, 1.165) is 11.1 Å². The lowest BCUT2D eigenvalue weighted by Gasteiger charge is -2.24. The van der Waals surface area contributed by atoms with Crippen LogP contribution in [0.5, 0.6) is 0 Å². The first-order chi connectivity index (χ1) is 10.7. The Morgan fingerprint density at radius 3 is 2.43 bits per heavy atom. The third-order valence-corrected chi connectivity index (χ3v) is 3.92. The summed E-state index contributed by atoms with van der Waals surface area (Å²) < 4.78 is 0. The largest absolute Gasteiger partial charge is 0.289 e. The predicted molar refractivity (Wildman–Crippen MR) is 95.4 cm³/mol. The van der Waals surface area contributed by atoms with Crippen LogP contribution in [0.3, 0.4) is 0 Å². The molecule has 0 radical (unpaired) electrons. The molecular weight excluding hydrogens is 331 g/mol. The Morgan fingerprint density at radius 1 is 1.13 bits per heavy atom. The molecule has 0 aliphatic heterocycles. The molecule has 0 fully saturated rings. The number of benzene rings is 1. The fraction of sp³-hybridized carbons (Fsp3) is 0.278. The molecule has 0 unspecified atom stereocenters. The smallest absolute Gasteiger partial charge is 0.185 e. The summed E-state index contributed by atoms with van der Waals surface area (Å²) in [6.07, 6.45) is 5.28. The van der Waals surface area contributed by atoms with E-state index in [1.165, 1.54) is 0 Å². The van der Waals surface area contributed by atoms with E-state index in [4.69, 9.17) is 23.2 Å². The standard InChI is InChI=1S/C18H18Cl2N2O/c1-11-7-12(8-14(17(11)23)18(2,3)4)10-21-22-16-6-5-13(19)9-15(16)20/h5-10H,1-4H3. The van der Waals surface area contributed by atoms with E-state index in [1.54, 1.807) is 30.5 Å². The number of Topliss-reactive ketones (excluding diaryl/α,β-unsaturated/α-hetero) is 1. The number of azo groups is 1. The zero-order valence-electron chi connectivity index (χ0n) is 13.5. The fourth-order valence-electron chi connectivity index (χ4n) is 2.15. The van der Waals surface area contributed by atoms with Gasteiger partial charge in [0.25, 0.3) is 0 Å². The van der Waals surface area contributed by atoms with Gasteiger partial charge in [0.05, 0.1) is 11.2 Å². The van der Waals surface area contributed by atoms with Gasteiger partial charge in [0, 0.05) is 10.6 Å². The fourth-order valence-corrected chi connectivity index (χ4v) is 2.60. The number of hydrogen-bond acceptors (Lipinski definition) is 3. The number of carbonyl (C=O) groups is 1. The summed E-state index contributed by atoms with van der Waals surface area (Å²) in [7, 11) is 0. The highest BCUT2D eigenvalue weighted by Crippen LogP contribution is 2.33. The Labute approximate surface area is 146 Å². The van der Waals surface area contributed by atoms with Gasteiger partial charge in [0.1, 0.15) is 5.69 Å². The summed E-state index contributed by atoms with van der Waals surface area (Å²) in [6, 6.07) is 5.02. The Morgan fingerprint density at radius 2 is 1.83 bits per heavy atom. The van der Waals surface area contributed by atoms with E-state index >= 15 is 0 Å². The molecule has 0 saturated heterocycles. The Balaban J connectivity index is 2.30. The third-order valence-electron chi connectivity index (χ3n) is 3.39. The van der Waals surface area contributed by atoms with Crippen molar-refractivity contribution >= 4 is 34.7 Å². The van der Waals surface area contributed by atoms with Gasteiger partial charge < -0.3 is 0 Å². The molecule has 1 aromatic rings. The zero-order chi connectivity index (χ0) is 17.2. The summed E-state index contributed by atoms with van der Waals surface area (Å²) in [6.45, 7) is 7.86. The topological polar surface area (TPSA) is 41.8 Å². The van der Waals surface area contributed by atoms with Crippen molar-refractivity contribution in [1.29, 1.82) is 0 Å². The van der Waals surface area contributed by atoms with E-state index in [9.17, 15) is 4.79 Å². The quantitative estimate of drug-likeness (QED) is 0.565. The van der Waals surface area contributed by atoms with Crippen molar-refractivity contribution in [3.8, 4) is 0 Å². The number of nitrogens with zero attached hydrogens (tertiary/aromatic N) is 2. The van der Waals surface area contributed by atoms with Crippen molar-refractivity contribution in [2.24, 2.45) is 15.6 Å². The Bertz CT molecular complexity index is 766. The molecule has 120 valence electrons. The first-order valence-corrected chi connectivity index (χ1v) is 7.95. The van der Waals surface area contributed by atoms with Gasteiger partial charge in [-0.2, -0.15) is 5.11 Å². The van der Waals surface area contributed by atoms with E-state index in [0.29, 0.717) is 21.3 Å². The van der Waals surface area contributed by atoms with Crippen LogP contribution in [0.15, 0.2) is 63.5 Å². The van der Waals surface area contributed by atoms with Gasteiger partial charge in [-0.05, 0) is 53.8 Å². The second-order valence-electron chi connectivity index (χ2n) is 6.40. The number of allylic oxidation sites excluding steroid dienone is 5. The number of hydrogen-bond donors (Lipinski definition) is 0. The number of rotatable bonds is 2. The predicted octanol–water partition coefficient (Wildman–Crippen LogP) is 6.46. The maximum Gasteiger partial charge on any atom is 0.185 e. The third kappa shape index (κ3) is 4.40. The van der Waals surface area contributed by atoms with Crippen molar-refractivity contribution in [2.45, 2.75) is 27.7 Å². The normalized spacial score (nSPS) is 17.7. The summed E-state index contributed by atoms with van der Waals surface area (Å²) in [4.78, 5) is 12.2. The first kappa shape index (κ1) is 17.6. The number of ketones is 1. The highest BCUT2D eigenvalue weighted by molar-refractivity contribution is 6.36. The molecule has 1 aromatic carbocycles. The molecule has 0 amide bonds. The average Bonchev–Trinajstić information content (AvgIpc) is 2.43. The molecule has 0 aromatic heterocycles. The van der Waals surface area contributed by atoms with E-state index < -0.39 is 0 Å². The van der Waals surface area contributed by atoms with Gasteiger partial charge in [0.15, 0.2) is 5.78 Å². The van der Waals surface area contributed by atoms with Gasteiger partial charge in [0.2, 0.25) is 0 Å². The van der Waals surface area contributed by atoms with Gasteiger partial charge in [-0.15, -0.1) is 5.11 Å². The lowest BCUT2D eigenvalue weighted by Crippen LogP contribution is -2.21. The minimum atomic E-state index is -0.220. The van der Waals surface area contributed by atoms with Crippen LogP contribution >= 0.6 is 23.2 Å². The molecule has 0 saturated carbocycles. The molecule has 2 rings (SSSR count). The van der Waals surface area contributed by atoms with Crippen molar-refractivity contribution in [2.75, 3.05) is 0 Å². The van der Waals surface area contributed by atoms with Crippen LogP contribution in [-0.4, -0.2) is 5.78 Å². The van der Waals surface area contributed by atoms with Gasteiger partial charge in [-0.3, -0.25) is 4.79 Å².